The normalized spacial score (nSPS) is 26.1. The lowest BCUT2D eigenvalue weighted by atomic mass is 10.1. The Kier molecular flexibility index (Phi) is 2.48. The summed E-state index contributed by atoms with van der Waals surface area (Å²) in [6.07, 6.45) is 5.42. The first-order valence-electron chi connectivity index (χ1n) is 7.10. The Morgan fingerprint density at radius 1 is 1.42 bits per heavy atom. The molecule has 4 rings (SSSR count). The lowest BCUT2D eigenvalue weighted by Gasteiger charge is -2.47. The largest absolute Gasteiger partial charge is 0.323 e. The summed E-state index contributed by atoms with van der Waals surface area (Å²) in [7, 11) is 0. The number of hydrogen-bond donors (Lipinski definition) is 1. The van der Waals surface area contributed by atoms with Gasteiger partial charge in [-0.3, -0.25) is 10.1 Å². The number of carbonyl (C=O) groups is 1. The lowest BCUT2D eigenvalue weighted by molar-refractivity contribution is 0.0541. The van der Waals surface area contributed by atoms with Gasteiger partial charge in [0.25, 0.3) is 5.91 Å². The number of aromatic nitrogens is 1. The van der Waals surface area contributed by atoms with Crippen molar-refractivity contribution in [2.75, 3.05) is 24.5 Å². The van der Waals surface area contributed by atoms with Crippen LogP contribution < -0.4 is 10.2 Å². The molecule has 5 heteroatoms. The minimum atomic E-state index is 0.00394. The highest BCUT2D eigenvalue weighted by Gasteiger charge is 2.41. The van der Waals surface area contributed by atoms with Crippen LogP contribution in [0.5, 0.6) is 0 Å². The van der Waals surface area contributed by atoms with Gasteiger partial charge in [0, 0.05) is 25.8 Å². The van der Waals surface area contributed by atoms with Crippen molar-refractivity contribution < 1.29 is 4.79 Å². The highest BCUT2D eigenvalue weighted by Crippen LogP contribution is 2.35. The third-order valence-corrected chi connectivity index (χ3v) is 4.19. The van der Waals surface area contributed by atoms with Gasteiger partial charge in [-0.05, 0) is 37.3 Å². The molecule has 1 aromatic heterocycles. The summed E-state index contributed by atoms with van der Waals surface area (Å²) in [6, 6.07) is 3.75. The van der Waals surface area contributed by atoms with Crippen LogP contribution >= 0.6 is 0 Å². The van der Waals surface area contributed by atoms with E-state index in [1.54, 1.807) is 6.20 Å². The number of fused-ring (bicyclic) bond motifs is 2. The van der Waals surface area contributed by atoms with Crippen molar-refractivity contribution in [2.45, 2.75) is 25.6 Å². The summed E-state index contributed by atoms with van der Waals surface area (Å²) in [6.45, 7) is 2.81. The van der Waals surface area contributed by atoms with Crippen molar-refractivity contribution in [2.24, 2.45) is 5.92 Å². The van der Waals surface area contributed by atoms with Crippen molar-refractivity contribution in [1.29, 1.82) is 0 Å². The summed E-state index contributed by atoms with van der Waals surface area (Å²) in [5.41, 5.74) is 0.753. The second-order valence-electron chi connectivity index (χ2n) is 5.65. The Bertz CT molecular complexity index is 514. The summed E-state index contributed by atoms with van der Waals surface area (Å²) >= 11 is 0. The van der Waals surface area contributed by atoms with Crippen LogP contribution in [0.4, 0.5) is 5.82 Å². The first kappa shape index (κ1) is 11.2. The number of pyridine rings is 1. The van der Waals surface area contributed by atoms with E-state index in [-0.39, 0.29) is 12.2 Å². The van der Waals surface area contributed by atoms with Crippen LogP contribution in [0, 0.1) is 5.92 Å². The minimum Gasteiger partial charge on any atom is -0.323 e. The van der Waals surface area contributed by atoms with E-state index in [0.717, 1.165) is 43.4 Å². The van der Waals surface area contributed by atoms with Gasteiger partial charge < -0.3 is 9.80 Å². The molecule has 1 N–H and O–H groups in total. The van der Waals surface area contributed by atoms with Gasteiger partial charge in [-0.25, -0.2) is 4.98 Å². The van der Waals surface area contributed by atoms with Crippen molar-refractivity contribution in [3.05, 3.63) is 23.9 Å². The SMILES string of the molecule is O=C1c2cccnc2N(CC2CC2)C2NCCCN12. The van der Waals surface area contributed by atoms with Crippen LogP contribution in [0.3, 0.4) is 0 Å². The van der Waals surface area contributed by atoms with E-state index in [9.17, 15) is 4.79 Å². The zero-order valence-electron chi connectivity index (χ0n) is 10.9. The number of anilines is 1. The van der Waals surface area contributed by atoms with E-state index < -0.39 is 0 Å². The predicted molar refractivity (Wildman–Crippen MR) is 71.8 cm³/mol. The fourth-order valence-electron chi connectivity index (χ4n) is 3.03. The molecule has 1 atom stereocenters. The Labute approximate surface area is 112 Å². The third kappa shape index (κ3) is 1.80. The van der Waals surface area contributed by atoms with Crippen LogP contribution in [0.25, 0.3) is 0 Å². The average molecular weight is 258 g/mol. The zero-order valence-corrected chi connectivity index (χ0v) is 10.9. The van der Waals surface area contributed by atoms with Crippen molar-refractivity contribution in [3.8, 4) is 0 Å². The van der Waals surface area contributed by atoms with Crippen LogP contribution in [-0.4, -0.2) is 41.7 Å². The predicted octanol–water partition coefficient (Wildman–Crippen LogP) is 1.03. The molecule has 3 aliphatic rings. The van der Waals surface area contributed by atoms with E-state index in [2.05, 4.69) is 15.2 Å². The van der Waals surface area contributed by atoms with E-state index in [4.69, 9.17) is 0 Å². The summed E-state index contributed by atoms with van der Waals surface area (Å²) < 4.78 is 0. The summed E-state index contributed by atoms with van der Waals surface area (Å²) in [4.78, 5) is 21.2. The monoisotopic (exact) mass is 258 g/mol. The number of amides is 1. The standard InChI is InChI=1S/C14H18N4O/c19-13-11-3-1-6-15-12(11)18(9-10-4-5-10)14-16-7-2-8-17(13)14/h1,3,6,10,14,16H,2,4-5,7-9H2. The van der Waals surface area contributed by atoms with E-state index >= 15 is 0 Å². The number of carbonyl (C=O) groups excluding carboxylic acids is 1. The Balaban J connectivity index is 1.76. The second-order valence-corrected chi connectivity index (χ2v) is 5.65. The van der Waals surface area contributed by atoms with Crippen molar-refractivity contribution in [3.63, 3.8) is 0 Å². The molecule has 2 aliphatic heterocycles. The topological polar surface area (TPSA) is 48.5 Å². The Hall–Kier alpha value is -1.62. The van der Waals surface area contributed by atoms with Crippen LogP contribution in [0.2, 0.25) is 0 Å². The van der Waals surface area contributed by atoms with Crippen molar-refractivity contribution in [1.82, 2.24) is 15.2 Å². The molecule has 19 heavy (non-hydrogen) atoms. The van der Waals surface area contributed by atoms with Gasteiger partial charge in [-0.1, -0.05) is 0 Å². The fourth-order valence-corrected chi connectivity index (χ4v) is 3.03. The molecule has 0 bridgehead atoms. The van der Waals surface area contributed by atoms with Crippen LogP contribution in [0.15, 0.2) is 18.3 Å². The van der Waals surface area contributed by atoms with Gasteiger partial charge in [0.05, 0.1) is 5.56 Å². The highest BCUT2D eigenvalue weighted by atomic mass is 16.2. The molecular weight excluding hydrogens is 240 g/mol. The molecule has 0 radical (unpaired) electrons. The molecule has 2 fully saturated rings. The van der Waals surface area contributed by atoms with Gasteiger partial charge in [-0.2, -0.15) is 0 Å². The lowest BCUT2D eigenvalue weighted by Crippen LogP contribution is -2.65. The maximum absolute atomic E-state index is 12.5. The quantitative estimate of drug-likeness (QED) is 0.861. The second kappa shape index (κ2) is 4.20. The molecule has 0 spiro atoms. The van der Waals surface area contributed by atoms with Gasteiger partial charge in [-0.15, -0.1) is 0 Å². The average Bonchev–Trinajstić information content (AvgIpc) is 3.28. The van der Waals surface area contributed by atoms with Crippen LogP contribution in [0.1, 0.15) is 29.6 Å². The number of rotatable bonds is 2. The van der Waals surface area contributed by atoms with Gasteiger partial charge in [0.1, 0.15) is 5.82 Å². The molecule has 1 saturated heterocycles. The molecule has 3 heterocycles. The van der Waals surface area contributed by atoms with E-state index in [1.165, 1.54) is 12.8 Å². The maximum Gasteiger partial charge on any atom is 0.260 e. The smallest absolute Gasteiger partial charge is 0.260 e. The first-order chi connectivity index (χ1) is 9.34. The maximum atomic E-state index is 12.5. The minimum absolute atomic E-state index is 0.00394. The Morgan fingerprint density at radius 3 is 3.16 bits per heavy atom. The van der Waals surface area contributed by atoms with Crippen molar-refractivity contribution >= 4 is 11.7 Å². The number of hydrogen-bond acceptors (Lipinski definition) is 4. The zero-order chi connectivity index (χ0) is 12.8. The third-order valence-electron chi connectivity index (χ3n) is 4.19. The Morgan fingerprint density at radius 2 is 2.32 bits per heavy atom. The molecule has 0 aromatic carbocycles. The van der Waals surface area contributed by atoms with E-state index in [0.29, 0.717) is 0 Å². The van der Waals surface area contributed by atoms with E-state index in [1.807, 2.05) is 17.0 Å². The fraction of sp³-hybridized carbons (Fsp3) is 0.571. The molecule has 1 saturated carbocycles. The number of nitrogens with one attached hydrogen (secondary N) is 1. The number of nitrogens with zero attached hydrogens (tertiary/aromatic N) is 3. The molecule has 1 unspecified atom stereocenters. The summed E-state index contributed by atoms with van der Waals surface area (Å²) in [5.74, 6) is 1.75. The first-order valence-corrected chi connectivity index (χ1v) is 7.10. The van der Waals surface area contributed by atoms with Gasteiger partial charge >= 0.3 is 0 Å². The molecule has 1 aliphatic carbocycles. The highest BCUT2D eigenvalue weighted by molar-refractivity contribution is 6.01. The van der Waals surface area contributed by atoms with Gasteiger partial charge in [0.15, 0.2) is 6.29 Å². The molecule has 5 nitrogen and oxygen atoms in total. The molecule has 100 valence electrons. The van der Waals surface area contributed by atoms with Crippen LogP contribution in [-0.2, 0) is 0 Å². The summed E-state index contributed by atoms with van der Waals surface area (Å²) in [5, 5.41) is 3.47. The van der Waals surface area contributed by atoms with Gasteiger partial charge in [0.2, 0.25) is 0 Å². The molecule has 1 amide bonds. The molecule has 1 aromatic rings. The molecular formula is C14H18N4O.